The summed E-state index contributed by atoms with van der Waals surface area (Å²) in [6.45, 7) is 6.61. The molecule has 0 saturated heterocycles. The van der Waals surface area contributed by atoms with Crippen molar-refractivity contribution in [1.29, 1.82) is 0 Å². The van der Waals surface area contributed by atoms with E-state index in [-0.39, 0.29) is 5.54 Å². The molecule has 0 N–H and O–H groups in total. The van der Waals surface area contributed by atoms with Gasteiger partial charge in [-0.3, -0.25) is 0 Å². The smallest absolute Gasteiger partial charge is 0.163 e. The van der Waals surface area contributed by atoms with E-state index >= 15 is 0 Å². The van der Waals surface area contributed by atoms with Gasteiger partial charge in [0.1, 0.15) is 5.82 Å². The molecule has 0 spiro atoms. The number of nitrogens with zero attached hydrogens (tertiary/aromatic N) is 2. The van der Waals surface area contributed by atoms with E-state index in [1.54, 1.807) is 14.2 Å². The van der Waals surface area contributed by atoms with Crippen LogP contribution in [0.15, 0.2) is 12.1 Å². The molecule has 0 aliphatic rings. The number of rotatable bonds is 6. The van der Waals surface area contributed by atoms with Gasteiger partial charge in [0.25, 0.3) is 0 Å². The number of benzene rings is 1. The molecule has 0 atom stereocenters. The van der Waals surface area contributed by atoms with Gasteiger partial charge in [-0.2, -0.15) is 0 Å². The van der Waals surface area contributed by atoms with E-state index in [2.05, 4.69) is 30.3 Å². The van der Waals surface area contributed by atoms with Gasteiger partial charge in [0.05, 0.1) is 31.1 Å². The van der Waals surface area contributed by atoms with Gasteiger partial charge in [-0.15, -0.1) is 11.6 Å². The van der Waals surface area contributed by atoms with Gasteiger partial charge in [-0.05, 0) is 19.8 Å². The largest absolute Gasteiger partial charge is 0.493 e. The maximum absolute atomic E-state index is 6.13. The second-order valence-corrected chi connectivity index (χ2v) is 5.66. The van der Waals surface area contributed by atoms with E-state index in [4.69, 9.17) is 21.1 Å². The number of hydrogen-bond donors (Lipinski definition) is 0. The Hall–Kier alpha value is -1.42. The highest BCUT2D eigenvalue weighted by Gasteiger charge is 2.28. The van der Waals surface area contributed by atoms with Crippen molar-refractivity contribution in [2.75, 3.05) is 14.2 Å². The molecule has 21 heavy (non-hydrogen) atoms. The van der Waals surface area contributed by atoms with E-state index < -0.39 is 0 Å². The SMILES string of the molecule is CCC(C)(CC)n1c(CCl)nc2cc(OC)c(OC)cc21. The number of methoxy groups -OCH3 is 2. The summed E-state index contributed by atoms with van der Waals surface area (Å²) < 4.78 is 13.0. The molecule has 0 bridgehead atoms. The molecule has 5 heteroatoms. The predicted octanol–water partition coefficient (Wildman–Crippen LogP) is 4.33. The Morgan fingerprint density at radius 1 is 1.14 bits per heavy atom. The van der Waals surface area contributed by atoms with E-state index in [0.29, 0.717) is 17.4 Å². The van der Waals surface area contributed by atoms with Crippen molar-refractivity contribution >= 4 is 22.6 Å². The Balaban J connectivity index is 2.79. The Bertz CT molecular complexity index is 633. The summed E-state index contributed by atoms with van der Waals surface area (Å²) in [4.78, 5) is 4.67. The molecule has 2 aromatic rings. The Labute approximate surface area is 131 Å². The lowest BCUT2D eigenvalue weighted by Gasteiger charge is -2.31. The summed E-state index contributed by atoms with van der Waals surface area (Å²) in [7, 11) is 3.27. The highest BCUT2D eigenvalue weighted by atomic mass is 35.5. The molecule has 1 aromatic carbocycles. The lowest BCUT2D eigenvalue weighted by atomic mass is 9.94. The van der Waals surface area contributed by atoms with Crippen LogP contribution in [0.2, 0.25) is 0 Å². The summed E-state index contributed by atoms with van der Waals surface area (Å²) in [5.74, 6) is 2.66. The lowest BCUT2D eigenvalue weighted by Crippen LogP contribution is -2.29. The van der Waals surface area contributed by atoms with Gasteiger partial charge >= 0.3 is 0 Å². The molecular formula is C16H23ClN2O2. The summed E-state index contributed by atoms with van der Waals surface area (Å²) in [6, 6.07) is 3.90. The molecule has 2 rings (SSSR count). The predicted molar refractivity (Wildman–Crippen MR) is 86.6 cm³/mol. The molecule has 0 saturated carbocycles. The molecule has 0 aliphatic carbocycles. The second-order valence-electron chi connectivity index (χ2n) is 5.40. The van der Waals surface area contributed by atoms with Crippen LogP contribution in [-0.4, -0.2) is 23.8 Å². The number of ether oxygens (including phenoxy) is 2. The van der Waals surface area contributed by atoms with E-state index in [1.165, 1.54) is 0 Å². The zero-order valence-corrected chi connectivity index (χ0v) is 14.1. The summed E-state index contributed by atoms with van der Waals surface area (Å²) >= 11 is 6.13. The molecule has 116 valence electrons. The van der Waals surface area contributed by atoms with Crippen molar-refractivity contribution in [3.63, 3.8) is 0 Å². The van der Waals surface area contributed by atoms with Crippen LogP contribution in [0, 0.1) is 0 Å². The van der Waals surface area contributed by atoms with Crippen LogP contribution in [0.25, 0.3) is 11.0 Å². The van der Waals surface area contributed by atoms with Gasteiger partial charge in [0, 0.05) is 17.7 Å². The maximum atomic E-state index is 6.13. The van der Waals surface area contributed by atoms with Gasteiger partial charge in [-0.25, -0.2) is 4.98 Å². The first-order chi connectivity index (χ1) is 10.0. The summed E-state index contributed by atoms with van der Waals surface area (Å²) in [5, 5.41) is 0. The van der Waals surface area contributed by atoms with Crippen molar-refractivity contribution < 1.29 is 9.47 Å². The van der Waals surface area contributed by atoms with Crippen molar-refractivity contribution in [2.45, 2.75) is 45.0 Å². The Morgan fingerprint density at radius 2 is 1.71 bits per heavy atom. The summed E-state index contributed by atoms with van der Waals surface area (Å²) in [6.07, 6.45) is 2.01. The average molecular weight is 311 g/mol. The minimum Gasteiger partial charge on any atom is -0.493 e. The maximum Gasteiger partial charge on any atom is 0.163 e. The van der Waals surface area contributed by atoms with Crippen LogP contribution < -0.4 is 9.47 Å². The second kappa shape index (κ2) is 6.14. The van der Waals surface area contributed by atoms with E-state index in [1.807, 2.05) is 12.1 Å². The normalized spacial score (nSPS) is 11.9. The van der Waals surface area contributed by atoms with Gasteiger partial charge < -0.3 is 14.0 Å². The Kier molecular flexibility index (Phi) is 4.67. The van der Waals surface area contributed by atoms with Gasteiger partial charge in [-0.1, -0.05) is 13.8 Å². The topological polar surface area (TPSA) is 36.3 Å². The number of hydrogen-bond acceptors (Lipinski definition) is 3. The first-order valence-electron chi connectivity index (χ1n) is 7.24. The molecule has 0 aliphatic heterocycles. The fraction of sp³-hybridized carbons (Fsp3) is 0.562. The molecule has 0 unspecified atom stereocenters. The van der Waals surface area contributed by atoms with Crippen molar-refractivity contribution in [3.8, 4) is 11.5 Å². The first-order valence-corrected chi connectivity index (χ1v) is 7.77. The quantitative estimate of drug-likeness (QED) is 0.745. The zero-order valence-electron chi connectivity index (χ0n) is 13.4. The van der Waals surface area contributed by atoms with Crippen molar-refractivity contribution in [1.82, 2.24) is 9.55 Å². The number of halogens is 1. The molecule has 1 heterocycles. The molecular weight excluding hydrogens is 288 g/mol. The van der Waals surface area contributed by atoms with E-state index in [0.717, 1.165) is 29.7 Å². The summed E-state index contributed by atoms with van der Waals surface area (Å²) in [5.41, 5.74) is 1.91. The molecule has 0 radical (unpaired) electrons. The minimum atomic E-state index is -0.0153. The number of aromatic nitrogens is 2. The van der Waals surface area contributed by atoms with Crippen LogP contribution in [0.1, 0.15) is 39.4 Å². The van der Waals surface area contributed by atoms with E-state index in [9.17, 15) is 0 Å². The molecule has 0 amide bonds. The Morgan fingerprint density at radius 3 is 2.19 bits per heavy atom. The third-order valence-electron chi connectivity index (χ3n) is 4.41. The molecule has 1 aromatic heterocycles. The number of alkyl halides is 1. The monoisotopic (exact) mass is 310 g/mol. The van der Waals surface area contributed by atoms with Crippen LogP contribution in [0.5, 0.6) is 11.5 Å². The third kappa shape index (κ3) is 2.57. The highest BCUT2D eigenvalue weighted by Crippen LogP contribution is 2.37. The molecule has 0 fully saturated rings. The van der Waals surface area contributed by atoms with Crippen molar-refractivity contribution in [3.05, 3.63) is 18.0 Å². The molecule has 4 nitrogen and oxygen atoms in total. The van der Waals surface area contributed by atoms with Crippen LogP contribution in [0.3, 0.4) is 0 Å². The van der Waals surface area contributed by atoms with Crippen molar-refractivity contribution in [2.24, 2.45) is 0 Å². The fourth-order valence-corrected chi connectivity index (χ4v) is 2.89. The van der Waals surface area contributed by atoms with Gasteiger partial charge in [0.2, 0.25) is 0 Å². The fourth-order valence-electron chi connectivity index (χ4n) is 2.71. The number of imidazole rings is 1. The average Bonchev–Trinajstić information content (AvgIpc) is 2.90. The number of fused-ring (bicyclic) bond motifs is 1. The van der Waals surface area contributed by atoms with Gasteiger partial charge in [0.15, 0.2) is 11.5 Å². The zero-order chi connectivity index (χ0) is 15.6. The first kappa shape index (κ1) is 16.0. The standard InChI is InChI=1S/C16H23ClN2O2/c1-6-16(3,7-2)19-12-9-14(21-5)13(20-4)8-11(12)18-15(19)10-17/h8-9H,6-7,10H2,1-5H3. The third-order valence-corrected chi connectivity index (χ3v) is 4.65. The lowest BCUT2D eigenvalue weighted by molar-refractivity contribution is 0.295. The minimum absolute atomic E-state index is 0.0153. The van der Waals surface area contributed by atoms with Crippen LogP contribution in [-0.2, 0) is 11.4 Å². The highest BCUT2D eigenvalue weighted by molar-refractivity contribution is 6.16. The van der Waals surface area contributed by atoms with Crippen LogP contribution in [0.4, 0.5) is 0 Å². The van der Waals surface area contributed by atoms with Crippen LogP contribution >= 0.6 is 11.6 Å².